The van der Waals surface area contributed by atoms with Crippen molar-refractivity contribution in [2.24, 2.45) is 4.99 Å². The van der Waals surface area contributed by atoms with Crippen molar-refractivity contribution >= 4 is 47.4 Å². The minimum Gasteiger partial charge on any atom is -0.444 e. The summed E-state index contributed by atoms with van der Waals surface area (Å²) in [5.41, 5.74) is 0.446. The van der Waals surface area contributed by atoms with E-state index in [4.69, 9.17) is 4.74 Å². The van der Waals surface area contributed by atoms with Crippen molar-refractivity contribution in [2.75, 3.05) is 13.6 Å². The summed E-state index contributed by atoms with van der Waals surface area (Å²) in [5.74, 6) is 0.676. The Labute approximate surface area is 188 Å². The number of thiophene rings is 1. The molecular formula is C20H29IN4O2S. The van der Waals surface area contributed by atoms with E-state index in [0.29, 0.717) is 19.0 Å². The van der Waals surface area contributed by atoms with Crippen LogP contribution in [0.5, 0.6) is 0 Å². The molecule has 2 rings (SSSR count). The number of carbonyl (C=O) groups excluding carboxylic acids is 1. The first-order valence-corrected chi connectivity index (χ1v) is 9.76. The fraction of sp³-hybridized carbons (Fsp3) is 0.400. The smallest absolute Gasteiger partial charge is 0.408 e. The lowest BCUT2D eigenvalue weighted by Crippen LogP contribution is -2.43. The normalized spacial score (nSPS) is 12.5. The van der Waals surface area contributed by atoms with Crippen molar-refractivity contribution in [2.45, 2.75) is 39.0 Å². The Kier molecular flexibility index (Phi) is 10.3. The van der Waals surface area contributed by atoms with Gasteiger partial charge < -0.3 is 20.7 Å². The van der Waals surface area contributed by atoms with Crippen LogP contribution in [0, 0.1) is 0 Å². The van der Waals surface area contributed by atoms with E-state index in [-0.39, 0.29) is 30.0 Å². The van der Waals surface area contributed by atoms with Crippen molar-refractivity contribution in [3.05, 3.63) is 58.3 Å². The van der Waals surface area contributed by atoms with Gasteiger partial charge in [-0.1, -0.05) is 36.4 Å². The number of halogens is 1. The lowest BCUT2D eigenvalue weighted by Gasteiger charge is -2.24. The predicted octanol–water partition coefficient (Wildman–Crippen LogP) is 4.30. The van der Waals surface area contributed by atoms with Crippen LogP contribution in [-0.2, 0) is 11.3 Å². The zero-order valence-electron chi connectivity index (χ0n) is 16.7. The van der Waals surface area contributed by atoms with E-state index >= 15 is 0 Å². The second-order valence-electron chi connectivity index (χ2n) is 7.00. The number of nitrogens with one attached hydrogen (secondary N) is 3. The number of hydrogen-bond acceptors (Lipinski definition) is 4. The molecule has 3 N–H and O–H groups in total. The van der Waals surface area contributed by atoms with Crippen molar-refractivity contribution < 1.29 is 9.53 Å². The summed E-state index contributed by atoms with van der Waals surface area (Å²) >= 11 is 1.69. The Morgan fingerprint density at radius 1 is 1.14 bits per heavy atom. The summed E-state index contributed by atoms with van der Waals surface area (Å²) < 4.78 is 5.40. The minimum atomic E-state index is -0.545. The Bertz CT molecular complexity index is 730. The maximum atomic E-state index is 12.2. The molecule has 154 valence electrons. The Morgan fingerprint density at radius 3 is 2.43 bits per heavy atom. The molecule has 1 heterocycles. The molecule has 1 atom stereocenters. The first-order valence-electron chi connectivity index (χ1n) is 8.89. The molecule has 0 saturated heterocycles. The highest BCUT2D eigenvalue weighted by Gasteiger charge is 2.20. The number of hydrogen-bond donors (Lipinski definition) is 3. The van der Waals surface area contributed by atoms with Gasteiger partial charge in [-0.2, -0.15) is 0 Å². The van der Waals surface area contributed by atoms with Gasteiger partial charge in [0.05, 0.1) is 12.6 Å². The topological polar surface area (TPSA) is 74.8 Å². The molecule has 1 aromatic carbocycles. The number of carbonyl (C=O) groups is 1. The molecule has 0 aliphatic heterocycles. The predicted molar refractivity (Wildman–Crippen MR) is 126 cm³/mol. The zero-order valence-corrected chi connectivity index (χ0v) is 19.8. The van der Waals surface area contributed by atoms with E-state index in [0.717, 1.165) is 5.56 Å². The summed E-state index contributed by atoms with van der Waals surface area (Å²) in [6, 6.07) is 13.6. The van der Waals surface area contributed by atoms with Crippen molar-refractivity contribution in [1.29, 1.82) is 0 Å². The number of rotatable bonds is 6. The summed E-state index contributed by atoms with van der Waals surface area (Å²) in [6.07, 6.45) is -0.445. The molecular weight excluding hydrogens is 487 g/mol. The zero-order chi connectivity index (χ0) is 19.7. The molecule has 0 spiro atoms. The van der Waals surface area contributed by atoms with Gasteiger partial charge in [0.1, 0.15) is 5.60 Å². The van der Waals surface area contributed by atoms with Gasteiger partial charge in [0, 0.05) is 18.5 Å². The van der Waals surface area contributed by atoms with E-state index in [1.165, 1.54) is 4.88 Å². The Hall–Kier alpha value is -1.81. The summed E-state index contributed by atoms with van der Waals surface area (Å²) in [4.78, 5) is 17.7. The average Bonchev–Trinajstić information content (AvgIpc) is 3.13. The Balaban J connectivity index is 0.00000392. The third-order valence-electron chi connectivity index (χ3n) is 3.60. The van der Waals surface area contributed by atoms with Gasteiger partial charge in [0.15, 0.2) is 5.96 Å². The van der Waals surface area contributed by atoms with E-state index in [2.05, 4.69) is 27.0 Å². The quantitative estimate of drug-likeness (QED) is 0.304. The molecule has 2 aromatic rings. The van der Waals surface area contributed by atoms with Crippen LogP contribution in [0.1, 0.15) is 37.3 Å². The van der Waals surface area contributed by atoms with E-state index in [1.807, 2.05) is 62.5 Å². The Morgan fingerprint density at radius 2 is 1.86 bits per heavy atom. The van der Waals surface area contributed by atoms with E-state index < -0.39 is 11.7 Å². The van der Waals surface area contributed by atoms with Crippen LogP contribution in [0.25, 0.3) is 0 Å². The number of ether oxygens (including phenoxy) is 1. The highest BCUT2D eigenvalue weighted by atomic mass is 127. The molecule has 0 radical (unpaired) electrons. The largest absolute Gasteiger partial charge is 0.444 e. The van der Waals surface area contributed by atoms with Gasteiger partial charge >= 0.3 is 6.09 Å². The molecule has 0 saturated carbocycles. The van der Waals surface area contributed by atoms with Crippen LogP contribution in [0.3, 0.4) is 0 Å². The number of alkyl carbamates (subject to hydrolysis) is 1. The summed E-state index contributed by atoms with van der Waals surface area (Å²) in [6.45, 7) is 6.72. The molecule has 1 amide bonds. The molecule has 0 aliphatic rings. The maximum absolute atomic E-state index is 12.2. The minimum absolute atomic E-state index is 0. The first-order chi connectivity index (χ1) is 12.9. The van der Waals surface area contributed by atoms with Crippen LogP contribution in [-0.4, -0.2) is 31.2 Å². The molecule has 6 nitrogen and oxygen atoms in total. The van der Waals surface area contributed by atoms with Gasteiger partial charge in [-0.05, 0) is 37.8 Å². The van der Waals surface area contributed by atoms with Crippen LogP contribution in [0.2, 0.25) is 0 Å². The molecule has 1 aromatic heterocycles. The van der Waals surface area contributed by atoms with E-state index in [1.54, 1.807) is 18.4 Å². The van der Waals surface area contributed by atoms with Crippen molar-refractivity contribution in [3.63, 3.8) is 0 Å². The monoisotopic (exact) mass is 516 g/mol. The SMILES string of the molecule is CN=C(NCc1cccs1)NCC(NC(=O)OC(C)(C)C)c1ccccc1.I. The van der Waals surface area contributed by atoms with Crippen LogP contribution >= 0.6 is 35.3 Å². The van der Waals surface area contributed by atoms with Gasteiger partial charge in [0.2, 0.25) is 0 Å². The number of guanidine groups is 1. The van der Waals surface area contributed by atoms with Crippen molar-refractivity contribution in [1.82, 2.24) is 16.0 Å². The number of benzene rings is 1. The number of amides is 1. The van der Waals surface area contributed by atoms with Gasteiger partial charge in [-0.25, -0.2) is 4.79 Å². The molecule has 1 unspecified atom stereocenters. The fourth-order valence-corrected chi connectivity index (χ4v) is 3.04. The lowest BCUT2D eigenvalue weighted by atomic mass is 10.1. The summed E-state index contributed by atoms with van der Waals surface area (Å²) in [5, 5.41) is 11.5. The van der Waals surface area contributed by atoms with Gasteiger partial charge in [-0.15, -0.1) is 35.3 Å². The third kappa shape index (κ3) is 8.92. The lowest BCUT2D eigenvalue weighted by molar-refractivity contribution is 0.0504. The van der Waals surface area contributed by atoms with Crippen LogP contribution in [0.4, 0.5) is 4.79 Å². The van der Waals surface area contributed by atoms with Crippen LogP contribution < -0.4 is 16.0 Å². The molecule has 0 aliphatic carbocycles. The molecule has 0 fully saturated rings. The van der Waals surface area contributed by atoms with E-state index in [9.17, 15) is 4.79 Å². The molecule has 28 heavy (non-hydrogen) atoms. The third-order valence-corrected chi connectivity index (χ3v) is 4.48. The second-order valence-corrected chi connectivity index (χ2v) is 8.03. The fourth-order valence-electron chi connectivity index (χ4n) is 2.39. The average molecular weight is 516 g/mol. The van der Waals surface area contributed by atoms with Crippen LogP contribution in [0.15, 0.2) is 52.8 Å². The standard InChI is InChI=1S/C20H28N4O2S.HI/c1-20(2,3)26-19(25)24-17(15-9-6-5-7-10-15)14-23-18(21-4)22-13-16-11-8-12-27-16;/h5-12,17H,13-14H2,1-4H3,(H,24,25)(H2,21,22,23);1H. The molecule has 8 heteroatoms. The van der Waals surface area contributed by atoms with Gasteiger partial charge in [-0.3, -0.25) is 4.99 Å². The highest BCUT2D eigenvalue weighted by Crippen LogP contribution is 2.14. The summed E-state index contributed by atoms with van der Waals surface area (Å²) in [7, 11) is 1.72. The first kappa shape index (κ1) is 24.2. The number of aliphatic imine (C=N–C) groups is 1. The van der Waals surface area contributed by atoms with Gasteiger partial charge in [0.25, 0.3) is 0 Å². The van der Waals surface area contributed by atoms with Crippen molar-refractivity contribution in [3.8, 4) is 0 Å². The maximum Gasteiger partial charge on any atom is 0.408 e. The second kappa shape index (κ2) is 11.9. The highest BCUT2D eigenvalue weighted by molar-refractivity contribution is 14.0. The molecule has 0 bridgehead atoms. The number of nitrogens with zero attached hydrogens (tertiary/aromatic N) is 1.